The van der Waals surface area contributed by atoms with Gasteiger partial charge in [-0.25, -0.2) is 9.18 Å². The molecule has 1 aliphatic heterocycles. The summed E-state index contributed by atoms with van der Waals surface area (Å²) in [6, 6.07) is 21.7. The number of hydrogen-bond acceptors (Lipinski definition) is 4. The maximum absolute atomic E-state index is 13.4. The summed E-state index contributed by atoms with van der Waals surface area (Å²) in [5.74, 6) is -0.863. The van der Waals surface area contributed by atoms with Crippen molar-refractivity contribution in [2.24, 2.45) is 5.73 Å². The average molecular weight is 519 g/mol. The van der Waals surface area contributed by atoms with Crippen molar-refractivity contribution in [3.8, 4) is 11.1 Å². The molecule has 0 aliphatic carbocycles. The first-order chi connectivity index (χ1) is 18.0. The van der Waals surface area contributed by atoms with Crippen LogP contribution >= 0.6 is 0 Å². The normalized spacial score (nSPS) is 15.2. The summed E-state index contributed by atoms with van der Waals surface area (Å²) in [5, 5.41) is 0. The molecule has 0 saturated carbocycles. The fraction of sp³-hybridized carbons (Fsp3) is 0.355. The van der Waals surface area contributed by atoms with Gasteiger partial charge in [-0.3, -0.25) is 4.79 Å². The van der Waals surface area contributed by atoms with Gasteiger partial charge >= 0.3 is 6.09 Å². The zero-order valence-corrected chi connectivity index (χ0v) is 22.2. The van der Waals surface area contributed by atoms with Crippen LogP contribution in [0.5, 0.6) is 0 Å². The van der Waals surface area contributed by atoms with Crippen LogP contribution in [0.1, 0.15) is 55.1 Å². The van der Waals surface area contributed by atoms with Crippen molar-refractivity contribution < 1.29 is 23.5 Å². The molecular formula is C31H35FN2O4. The molecule has 0 atom stereocenters. The second-order valence-electron chi connectivity index (χ2n) is 10.9. The monoisotopic (exact) mass is 518 g/mol. The van der Waals surface area contributed by atoms with Gasteiger partial charge in [-0.05, 0) is 86.2 Å². The summed E-state index contributed by atoms with van der Waals surface area (Å²) in [4.78, 5) is 26.4. The molecule has 2 N–H and O–H groups in total. The third-order valence-corrected chi connectivity index (χ3v) is 6.86. The van der Waals surface area contributed by atoms with Crippen LogP contribution in [0.2, 0.25) is 0 Å². The van der Waals surface area contributed by atoms with Crippen molar-refractivity contribution >= 4 is 12.0 Å². The topological polar surface area (TPSA) is 81.9 Å². The molecule has 3 aromatic carbocycles. The molecule has 0 unspecified atom stereocenters. The molecule has 0 aromatic heterocycles. The smallest absolute Gasteiger partial charge is 0.410 e. The van der Waals surface area contributed by atoms with E-state index in [1.54, 1.807) is 29.2 Å². The van der Waals surface area contributed by atoms with Crippen LogP contribution in [0.4, 0.5) is 9.18 Å². The number of benzene rings is 3. The molecule has 7 heteroatoms. The molecule has 3 aromatic rings. The molecule has 0 radical (unpaired) electrons. The van der Waals surface area contributed by atoms with E-state index < -0.39 is 11.5 Å². The number of nitrogens with zero attached hydrogens (tertiary/aromatic N) is 1. The fourth-order valence-electron chi connectivity index (χ4n) is 4.84. The Morgan fingerprint density at radius 3 is 2.21 bits per heavy atom. The van der Waals surface area contributed by atoms with E-state index in [2.05, 4.69) is 12.1 Å². The molecule has 0 bridgehead atoms. The second-order valence-corrected chi connectivity index (χ2v) is 10.9. The largest absolute Gasteiger partial charge is 0.444 e. The van der Waals surface area contributed by atoms with Crippen molar-refractivity contribution in [3.63, 3.8) is 0 Å². The summed E-state index contributed by atoms with van der Waals surface area (Å²) < 4.78 is 25.3. The molecule has 1 aliphatic rings. The van der Waals surface area contributed by atoms with E-state index >= 15 is 0 Å². The Bertz CT molecular complexity index is 1260. The fourth-order valence-corrected chi connectivity index (χ4v) is 4.84. The Labute approximate surface area is 223 Å². The lowest BCUT2D eigenvalue weighted by atomic mass is 9.73. The van der Waals surface area contributed by atoms with Gasteiger partial charge in [0, 0.05) is 24.1 Å². The van der Waals surface area contributed by atoms with Crippen LogP contribution in [-0.4, -0.2) is 42.2 Å². The minimum Gasteiger partial charge on any atom is -0.444 e. The number of ether oxygens (including phenoxy) is 2. The quantitative estimate of drug-likeness (QED) is 0.411. The van der Waals surface area contributed by atoms with Gasteiger partial charge in [0.1, 0.15) is 11.4 Å². The zero-order chi connectivity index (χ0) is 27.3. The number of hydrogen-bond donors (Lipinski definition) is 1. The van der Waals surface area contributed by atoms with Crippen LogP contribution in [0, 0.1) is 5.82 Å². The predicted molar refractivity (Wildman–Crippen MR) is 145 cm³/mol. The number of rotatable bonds is 7. The highest BCUT2D eigenvalue weighted by Gasteiger charge is 2.38. The molecule has 1 fully saturated rings. The predicted octanol–water partition coefficient (Wildman–Crippen LogP) is 6.08. The van der Waals surface area contributed by atoms with Gasteiger partial charge < -0.3 is 20.1 Å². The number of halogens is 1. The number of amides is 2. The van der Waals surface area contributed by atoms with Crippen molar-refractivity contribution in [3.05, 3.63) is 95.3 Å². The van der Waals surface area contributed by atoms with Gasteiger partial charge in [0.15, 0.2) is 0 Å². The minimum atomic E-state index is -0.541. The SMILES string of the molecule is CC(C)(C)OC(=O)N1CCC(COCc2cc(C(N)=O)cc(-c3ccc(F)cc3)c2)(c2ccccc2)CC1. The Kier molecular flexibility index (Phi) is 8.17. The van der Waals surface area contributed by atoms with Gasteiger partial charge in [-0.1, -0.05) is 42.5 Å². The van der Waals surface area contributed by atoms with Gasteiger partial charge in [0.2, 0.25) is 5.91 Å². The molecule has 38 heavy (non-hydrogen) atoms. The zero-order valence-electron chi connectivity index (χ0n) is 22.2. The minimum absolute atomic E-state index is 0.263. The summed E-state index contributed by atoms with van der Waals surface area (Å²) in [6.45, 7) is 7.46. The summed E-state index contributed by atoms with van der Waals surface area (Å²) in [7, 11) is 0. The first-order valence-corrected chi connectivity index (χ1v) is 12.9. The lowest BCUT2D eigenvalue weighted by Gasteiger charge is -2.42. The lowest BCUT2D eigenvalue weighted by Crippen LogP contribution is -2.48. The van der Waals surface area contributed by atoms with E-state index in [-0.39, 0.29) is 23.9 Å². The summed E-state index contributed by atoms with van der Waals surface area (Å²) in [5.41, 5.74) is 8.67. The molecule has 6 nitrogen and oxygen atoms in total. The van der Waals surface area contributed by atoms with E-state index in [0.29, 0.717) is 25.3 Å². The third kappa shape index (κ3) is 6.78. The Hall–Kier alpha value is -3.71. The Morgan fingerprint density at radius 2 is 1.61 bits per heavy atom. The van der Waals surface area contributed by atoms with Gasteiger partial charge in [-0.2, -0.15) is 0 Å². The van der Waals surface area contributed by atoms with Crippen LogP contribution < -0.4 is 5.73 Å². The van der Waals surface area contributed by atoms with E-state index in [1.165, 1.54) is 17.7 Å². The van der Waals surface area contributed by atoms with Crippen molar-refractivity contribution in [2.75, 3.05) is 19.7 Å². The molecule has 4 rings (SSSR count). The standard InChI is InChI=1S/C31H35FN2O4/c1-30(2,3)38-29(36)34-15-13-31(14-16-34,26-7-5-4-6-8-26)21-37-20-22-17-24(19-25(18-22)28(33)35)23-9-11-27(32)12-10-23/h4-12,17-19H,13-16,20-21H2,1-3H3,(H2,33,35). The second kappa shape index (κ2) is 11.4. The molecule has 0 spiro atoms. The average Bonchev–Trinajstić information content (AvgIpc) is 2.89. The van der Waals surface area contributed by atoms with E-state index in [0.717, 1.165) is 29.5 Å². The number of nitrogens with two attached hydrogens (primary N) is 1. The van der Waals surface area contributed by atoms with Gasteiger partial charge in [-0.15, -0.1) is 0 Å². The maximum Gasteiger partial charge on any atom is 0.410 e. The van der Waals surface area contributed by atoms with E-state index in [4.69, 9.17) is 15.2 Å². The first-order valence-electron chi connectivity index (χ1n) is 12.9. The first kappa shape index (κ1) is 27.3. The van der Waals surface area contributed by atoms with Gasteiger partial charge in [0.25, 0.3) is 0 Å². The highest BCUT2D eigenvalue weighted by Crippen LogP contribution is 2.37. The number of likely N-dealkylation sites (tertiary alicyclic amines) is 1. The lowest BCUT2D eigenvalue weighted by molar-refractivity contribution is 0.00332. The highest BCUT2D eigenvalue weighted by molar-refractivity contribution is 5.94. The summed E-state index contributed by atoms with van der Waals surface area (Å²) >= 11 is 0. The molecule has 1 heterocycles. The maximum atomic E-state index is 13.4. The van der Waals surface area contributed by atoms with Gasteiger partial charge in [0.05, 0.1) is 13.2 Å². The van der Waals surface area contributed by atoms with Crippen molar-refractivity contribution in [2.45, 2.75) is 51.2 Å². The number of primary amides is 1. The molecule has 200 valence electrons. The van der Waals surface area contributed by atoms with E-state index in [9.17, 15) is 14.0 Å². The third-order valence-electron chi connectivity index (χ3n) is 6.86. The number of carbonyl (C=O) groups excluding carboxylic acids is 2. The van der Waals surface area contributed by atoms with Crippen molar-refractivity contribution in [1.82, 2.24) is 4.90 Å². The Balaban J connectivity index is 1.50. The van der Waals surface area contributed by atoms with Crippen LogP contribution in [0.25, 0.3) is 11.1 Å². The molecule has 2 amide bonds. The molecular weight excluding hydrogens is 483 g/mol. The van der Waals surface area contributed by atoms with E-state index in [1.807, 2.05) is 45.0 Å². The molecule has 1 saturated heterocycles. The highest BCUT2D eigenvalue weighted by atomic mass is 19.1. The number of carbonyl (C=O) groups is 2. The Morgan fingerprint density at radius 1 is 0.947 bits per heavy atom. The summed E-state index contributed by atoms with van der Waals surface area (Å²) in [6.07, 6.45) is 1.17. The number of piperidine rings is 1. The van der Waals surface area contributed by atoms with Crippen LogP contribution in [0.3, 0.4) is 0 Å². The van der Waals surface area contributed by atoms with Crippen LogP contribution in [0.15, 0.2) is 72.8 Å². The van der Waals surface area contributed by atoms with Crippen molar-refractivity contribution in [1.29, 1.82) is 0 Å². The van der Waals surface area contributed by atoms with Crippen LogP contribution in [-0.2, 0) is 21.5 Å².